The molecule has 144 valence electrons. The Morgan fingerprint density at radius 2 is 1.59 bits per heavy atom. The number of hydrogen-bond donors (Lipinski definition) is 0. The molecule has 0 saturated carbocycles. The van der Waals surface area contributed by atoms with E-state index in [4.69, 9.17) is 4.74 Å². The highest BCUT2D eigenvalue weighted by molar-refractivity contribution is 7.89. The lowest BCUT2D eigenvalue weighted by molar-refractivity contribution is 0.0600. The van der Waals surface area contributed by atoms with E-state index >= 15 is 0 Å². The van der Waals surface area contributed by atoms with Crippen molar-refractivity contribution < 1.29 is 17.9 Å². The van der Waals surface area contributed by atoms with E-state index in [-0.39, 0.29) is 11.7 Å². The molecule has 1 aliphatic heterocycles. The van der Waals surface area contributed by atoms with Crippen molar-refractivity contribution in [3.05, 3.63) is 65.7 Å². The SMILES string of the molecule is COC(=O)c1ccc(N2CCN(S(=O)(=O)CCc3ccccc3)CC2)cc1. The van der Waals surface area contributed by atoms with Crippen LogP contribution in [-0.2, 0) is 21.2 Å². The van der Waals surface area contributed by atoms with Crippen LogP contribution in [0.2, 0.25) is 0 Å². The number of carbonyl (C=O) groups excluding carboxylic acids is 1. The molecular weight excluding hydrogens is 364 g/mol. The van der Waals surface area contributed by atoms with Crippen LogP contribution < -0.4 is 4.90 Å². The quantitative estimate of drug-likeness (QED) is 0.710. The van der Waals surface area contributed by atoms with Crippen LogP contribution in [0.4, 0.5) is 5.69 Å². The van der Waals surface area contributed by atoms with Gasteiger partial charge in [-0.05, 0) is 36.2 Å². The van der Waals surface area contributed by atoms with Gasteiger partial charge < -0.3 is 9.64 Å². The summed E-state index contributed by atoms with van der Waals surface area (Å²) in [5.41, 5.74) is 2.51. The molecule has 1 heterocycles. The van der Waals surface area contributed by atoms with E-state index in [0.29, 0.717) is 38.2 Å². The molecule has 2 aromatic carbocycles. The summed E-state index contributed by atoms with van der Waals surface area (Å²) >= 11 is 0. The summed E-state index contributed by atoms with van der Waals surface area (Å²) in [6.45, 7) is 2.19. The number of esters is 1. The third-order valence-corrected chi connectivity index (χ3v) is 6.65. The van der Waals surface area contributed by atoms with Gasteiger partial charge in [0.2, 0.25) is 10.0 Å². The molecule has 0 N–H and O–H groups in total. The third-order valence-electron chi connectivity index (χ3n) is 4.78. The third kappa shape index (κ3) is 4.87. The van der Waals surface area contributed by atoms with Crippen molar-refractivity contribution >= 4 is 21.7 Å². The summed E-state index contributed by atoms with van der Waals surface area (Å²) in [4.78, 5) is 13.6. The van der Waals surface area contributed by atoms with Gasteiger partial charge in [0, 0.05) is 31.9 Å². The highest BCUT2D eigenvalue weighted by atomic mass is 32.2. The van der Waals surface area contributed by atoms with Crippen LogP contribution in [0.25, 0.3) is 0 Å². The van der Waals surface area contributed by atoms with Crippen molar-refractivity contribution in [2.24, 2.45) is 0 Å². The molecule has 0 radical (unpaired) electrons. The van der Waals surface area contributed by atoms with Crippen LogP contribution in [0.5, 0.6) is 0 Å². The molecule has 0 spiro atoms. The number of methoxy groups -OCH3 is 1. The number of carbonyl (C=O) groups is 1. The fourth-order valence-corrected chi connectivity index (χ4v) is 4.64. The number of rotatable bonds is 6. The van der Waals surface area contributed by atoms with Crippen molar-refractivity contribution in [1.29, 1.82) is 0 Å². The van der Waals surface area contributed by atoms with Gasteiger partial charge in [0.15, 0.2) is 0 Å². The number of ether oxygens (including phenoxy) is 1. The maximum absolute atomic E-state index is 12.6. The van der Waals surface area contributed by atoms with Gasteiger partial charge in [-0.15, -0.1) is 0 Å². The largest absolute Gasteiger partial charge is 0.465 e. The van der Waals surface area contributed by atoms with Crippen LogP contribution in [0.15, 0.2) is 54.6 Å². The highest BCUT2D eigenvalue weighted by Gasteiger charge is 2.26. The second kappa shape index (κ2) is 8.54. The predicted molar refractivity (Wildman–Crippen MR) is 106 cm³/mol. The second-order valence-corrected chi connectivity index (χ2v) is 8.56. The summed E-state index contributed by atoms with van der Waals surface area (Å²) in [6, 6.07) is 16.9. The maximum Gasteiger partial charge on any atom is 0.337 e. The number of aryl methyl sites for hydroxylation is 1. The zero-order chi connectivity index (χ0) is 19.3. The van der Waals surface area contributed by atoms with E-state index in [0.717, 1.165) is 11.3 Å². The lowest BCUT2D eigenvalue weighted by Crippen LogP contribution is -2.49. The molecular formula is C20H24N2O4S. The Morgan fingerprint density at radius 3 is 2.19 bits per heavy atom. The van der Waals surface area contributed by atoms with Gasteiger partial charge >= 0.3 is 5.97 Å². The first-order valence-electron chi connectivity index (χ1n) is 8.95. The Hall–Kier alpha value is -2.38. The van der Waals surface area contributed by atoms with Crippen LogP contribution in [-0.4, -0.2) is 57.7 Å². The molecule has 0 atom stereocenters. The first-order chi connectivity index (χ1) is 13.0. The number of piperazine rings is 1. The smallest absolute Gasteiger partial charge is 0.337 e. The topological polar surface area (TPSA) is 66.9 Å². The van der Waals surface area contributed by atoms with Crippen molar-refractivity contribution in [2.75, 3.05) is 43.9 Å². The Bertz CT molecular complexity index is 859. The molecule has 27 heavy (non-hydrogen) atoms. The highest BCUT2D eigenvalue weighted by Crippen LogP contribution is 2.19. The number of sulfonamides is 1. The van der Waals surface area contributed by atoms with Gasteiger partial charge in [-0.25, -0.2) is 13.2 Å². The summed E-state index contributed by atoms with van der Waals surface area (Å²) in [5, 5.41) is 0. The Labute approximate surface area is 160 Å². The van der Waals surface area contributed by atoms with E-state index in [2.05, 4.69) is 4.90 Å². The fraction of sp³-hybridized carbons (Fsp3) is 0.350. The number of benzene rings is 2. The molecule has 2 aromatic rings. The average molecular weight is 388 g/mol. The van der Waals surface area contributed by atoms with E-state index in [1.807, 2.05) is 42.5 Å². The first-order valence-corrected chi connectivity index (χ1v) is 10.6. The molecule has 7 heteroatoms. The molecule has 3 rings (SSSR count). The minimum absolute atomic E-state index is 0.130. The van der Waals surface area contributed by atoms with Crippen molar-refractivity contribution in [3.8, 4) is 0 Å². The second-order valence-electron chi connectivity index (χ2n) is 6.48. The summed E-state index contributed by atoms with van der Waals surface area (Å²) in [5.74, 6) is -0.235. The molecule has 1 saturated heterocycles. The molecule has 1 fully saturated rings. The molecule has 0 aromatic heterocycles. The predicted octanol–water partition coefficient (Wildman–Crippen LogP) is 2.17. The number of nitrogens with zero attached hydrogens (tertiary/aromatic N) is 2. The zero-order valence-electron chi connectivity index (χ0n) is 15.4. The molecule has 0 aliphatic carbocycles. The van der Waals surface area contributed by atoms with Crippen molar-refractivity contribution in [2.45, 2.75) is 6.42 Å². The summed E-state index contributed by atoms with van der Waals surface area (Å²) in [7, 11) is -1.91. The van der Waals surface area contributed by atoms with E-state index in [9.17, 15) is 13.2 Å². The summed E-state index contributed by atoms with van der Waals surface area (Å²) < 4.78 is 31.5. The van der Waals surface area contributed by atoms with Gasteiger partial charge in [0.1, 0.15) is 0 Å². The molecule has 1 aliphatic rings. The Balaban J connectivity index is 1.55. The summed E-state index contributed by atoms with van der Waals surface area (Å²) in [6.07, 6.45) is 0.526. The lowest BCUT2D eigenvalue weighted by Gasteiger charge is -2.35. The molecule has 0 amide bonds. The van der Waals surface area contributed by atoms with Gasteiger partial charge in [-0.1, -0.05) is 30.3 Å². The van der Waals surface area contributed by atoms with Gasteiger partial charge in [-0.2, -0.15) is 4.31 Å². The van der Waals surface area contributed by atoms with Crippen molar-refractivity contribution in [3.63, 3.8) is 0 Å². The molecule has 6 nitrogen and oxygen atoms in total. The van der Waals surface area contributed by atoms with Crippen LogP contribution in [0.1, 0.15) is 15.9 Å². The Morgan fingerprint density at radius 1 is 0.963 bits per heavy atom. The van der Waals surface area contributed by atoms with Crippen LogP contribution >= 0.6 is 0 Å². The fourth-order valence-electron chi connectivity index (χ4n) is 3.17. The van der Waals surface area contributed by atoms with Gasteiger partial charge in [0.05, 0.1) is 18.4 Å². The van der Waals surface area contributed by atoms with Gasteiger partial charge in [-0.3, -0.25) is 0 Å². The van der Waals surface area contributed by atoms with E-state index < -0.39 is 10.0 Å². The van der Waals surface area contributed by atoms with Crippen LogP contribution in [0, 0.1) is 0 Å². The maximum atomic E-state index is 12.6. The number of anilines is 1. The van der Waals surface area contributed by atoms with Gasteiger partial charge in [0.25, 0.3) is 0 Å². The minimum atomic E-state index is -3.26. The minimum Gasteiger partial charge on any atom is -0.465 e. The first kappa shape index (κ1) is 19.4. The van der Waals surface area contributed by atoms with Crippen LogP contribution in [0.3, 0.4) is 0 Å². The van der Waals surface area contributed by atoms with E-state index in [1.165, 1.54) is 7.11 Å². The number of hydrogen-bond acceptors (Lipinski definition) is 5. The zero-order valence-corrected chi connectivity index (χ0v) is 16.2. The molecule has 0 unspecified atom stereocenters. The normalized spacial score (nSPS) is 15.5. The Kier molecular flexibility index (Phi) is 6.13. The lowest BCUT2D eigenvalue weighted by atomic mass is 10.2. The van der Waals surface area contributed by atoms with Crippen molar-refractivity contribution in [1.82, 2.24) is 4.31 Å². The average Bonchev–Trinajstić information content (AvgIpc) is 2.73. The van der Waals surface area contributed by atoms with E-state index in [1.54, 1.807) is 16.4 Å². The monoisotopic (exact) mass is 388 g/mol. The molecule has 0 bridgehead atoms. The standard InChI is InChI=1S/C20H24N2O4S/c1-26-20(23)18-7-9-19(10-8-18)21-12-14-22(15-13-21)27(24,25)16-11-17-5-3-2-4-6-17/h2-10H,11-16H2,1H3.